The number of carbonyl (C=O) groups is 1. The molecular formula is C21H32IN5O3. The fourth-order valence-electron chi connectivity index (χ4n) is 4.02. The highest BCUT2D eigenvalue weighted by Crippen LogP contribution is 2.23. The number of nitro groups is 1. The first-order valence-electron chi connectivity index (χ1n) is 10.5. The van der Waals surface area contributed by atoms with Crippen molar-refractivity contribution in [1.29, 1.82) is 0 Å². The number of nitrogens with zero attached hydrogens (tertiary/aromatic N) is 4. The van der Waals surface area contributed by atoms with Crippen LogP contribution in [-0.4, -0.2) is 59.3 Å². The molecule has 1 amide bonds. The molecule has 30 heavy (non-hydrogen) atoms. The van der Waals surface area contributed by atoms with E-state index in [4.69, 9.17) is 4.99 Å². The zero-order chi connectivity index (χ0) is 20.6. The summed E-state index contributed by atoms with van der Waals surface area (Å²) in [5.74, 6) is 1.67. The van der Waals surface area contributed by atoms with Crippen molar-refractivity contribution in [3.8, 4) is 0 Å². The van der Waals surface area contributed by atoms with E-state index in [0.717, 1.165) is 31.2 Å². The van der Waals surface area contributed by atoms with Crippen molar-refractivity contribution in [2.75, 3.05) is 32.7 Å². The Labute approximate surface area is 195 Å². The number of nitrogens with one attached hydrogen (secondary N) is 1. The molecule has 1 heterocycles. The van der Waals surface area contributed by atoms with Crippen LogP contribution < -0.4 is 5.32 Å². The quantitative estimate of drug-likeness (QED) is 0.208. The maximum atomic E-state index is 11.6. The molecule has 0 unspecified atom stereocenters. The van der Waals surface area contributed by atoms with Crippen molar-refractivity contribution in [3.63, 3.8) is 0 Å². The molecule has 1 aliphatic carbocycles. The van der Waals surface area contributed by atoms with Crippen LogP contribution in [0.3, 0.4) is 0 Å². The summed E-state index contributed by atoms with van der Waals surface area (Å²) in [6.45, 7) is 5.94. The smallest absolute Gasteiger partial charge is 0.269 e. The average molecular weight is 529 g/mol. The standard InChI is InChI=1S/C21H31N5O3.HI/c1-17(27)24-11-13-25(14-12-24)21(22-15-18-5-3-2-4-6-18)23-16-19-7-9-20(10-8-19)26(28)29;/h7-10,18H,2-6,11-16H2,1H3,(H,22,23);1H. The maximum absolute atomic E-state index is 11.6. The lowest BCUT2D eigenvalue weighted by atomic mass is 9.89. The normalized spacial score (nSPS) is 18.0. The number of carbonyl (C=O) groups excluding carboxylic acids is 1. The Morgan fingerprint density at radius 1 is 1.10 bits per heavy atom. The number of nitro benzene ring substituents is 1. The molecule has 1 saturated heterocycles. The summed E-state index contributed by atoms with van der Waals surface area (Å²) < 4.78 is 0. The third-order valence-electron chi connectivity index (χ3n) is 5.86. The minimum atomic E-state index is -0.390. The maximum Gasteiger partial charge on any atom is 0.269 e. The fourth-order valence-corrected chi connectivity index (χ4v) is 4.02. The van der Waals surface area contributed by atoms with E-state index in [9.17, 15) is 14.9 Å². The summed E-state index contributed by atoms with van der Waals surface area (Å²) in [6, 6.07) is 6.55. The Morgan fingerprint density at radius 2 is 1.70 bits per heavy atom. The number of rotatable bonds is 5. The summed E-state index contributed by atoms with van der Waals surface area (Å²) in [5.41, 5.74) is 1.03. The molecule has 0 bridgehead atoms. The second-order valence-corrected chi connectivity index (χ2v) is 7.94. The van der Waals surface area contributed by atoms with Crippen molar-refractivity contribution < 1.29 is 9.72 Å². The number of hydrogen-bond acceptors (Lipinski definition) is 4. The van der Waals surface area contributed by atoms with Gasteiger partial charge in [-0.05, 0) is 24.3 Å². The van der Waals surface area contributed by atoms with Crippen molar-refractivity contribution in [2.24, 2.45) is 10.9 Å². The molecule has 2 fully saturated rings. The molecule has 1 saturated carbocycles. The van der Waals surface area contributed by atoms with E-state index in [1.165, 1.54) is 44.2 Å². The van der Waals surface area contributed by atoms with Gasteiger partial charge in [0.15, 0.2) is 5.96 Å². The van der Waals surface area contributed by atoms with Crippen molar-refractivity contribution in [1.82, 2.24) is 15.1 Å². The first-order valence-corrected chi connectivity index (χ1v) is 10.5. The van der Waals surface area contributed by atoms with Gasteiger partial charge in [0.1, 0.15) is 0 Å². The van der Waals surface area contributed by atoms with Crippen LogP contribution in [0.4, 0.5) is 5.69 Å². The van der Waals surface area contributed by atoms with E-state index in [1.807, 2.05) is 4.90 Å². The highest BCUT2D eigenvalue weighted by molar-refractivity contribution is 14.0. The van der Waals surface area contributed by atoms with Crippen LogP contribution in [0.15, 0.2) is 29.3 Å². The zero-order valence-corrected chi connectivity index (χ0v) is 19.9. The molecule has 1 aliphatic heterocycles. The number of aliphatic imine (C=N–C) groups is 1. The van der Waals surface area contributed by atoms with Crippen LogP contribution in [-0.2, 0) is 11.3 Å². The van der Waals surface area contributed by atoms with Crippen LogP contribution in [0.2, 0.25) is 0 Å². The van der Waals surface area contributed by atoms with Gasteiger partial charge in [-0.1, -0.05) is 31.4 Å². The third-order valence-corrected chi connectivity index (χ3v) is 5.86. The largest absolute Gasteiger partial charge is 0.356 e. The summed E-state index contributed by atoms with van der Waals surface area (Å²) in [5, 5.41) is 14.4. The number of amides is 1. The van der Waals surface area contributed by atoms with Gasteiger partial charge < -0.3 is 15.1 Å². The molecule has 0 atom stereocenters. The van der Waals surface area contributed by atoms with E-state index in [0.29, 0.717) is 25.6 Å². The predicted octanol–water partition coefficient (Wildman–Crippen LogP) is 3.40. The first kappa shape index (κ1) is 24.4. The van der Waals surface area contributed by atoms with Crippen LogP contribution in [0.5, 0.6) is 0 Å². The topological polar surface area (TPSA) is 91.1 Å². The summed E-state index contributed by atoms with van der Waals surface area (Å²) in [7, 11) is 0. The average Bonchev–Trinajstić information content (AvgIpc) is 2.75. The van der Waals surface area contributed by atoms with Crippen molar-refractivity contribution in [2.45, 2.75) is 45.6 Å². The summed E-state index contributed by atoms with van der Waals surface area (Å²) >= 11 is 0. The Morgan fingerprint density at radius 3 is 2.27 bits per heavy atom. The van der Waals surface area contributed by atoms with E-state index in [-0.39, 0.29) is 35.6 Å². The van der Waals surface area contributed by atoms with Crippen LogP contribution in [0.25, 0.3) is 0 Å². The highest BCUT2D eigenvalue weighted by atomic mass is 127. The molecule has 9 heteroatoms. The van der Waals surface area contributed by atoms with Gasteiger partial charge in [-0.15, -0.1) is 24.0 Å². The third kappa shape index (κ3) is 7.10. The molecule has 8 nitrogen and oxygen atoms in total. The van der Waals surface area contributed by atoms with Gasteiger partial charge in [-0.2, -0.15) is 0 Å². The molecule has 0 aromatic heterocycles. The molecule has 0 radical (unpaired) electrons. The van der Waals surface area contributed by atoms with Gasteiger partial charge in [-0.25, -0.2) is 4.99 Å². The van der Waals surface area contributed by atoms with Crippen molar-refractivity contribution in [3.05, 3.63) is 39.9 Å². The zero-order valence-electron chi connectivity index (χ0n) is 17.6. The minimum absolute atomic E-state index is 0. The second kappa shape index (κ2) is 12.1. The van der Waals surface area contributed by atoms with Crippen LogP contribution in [0, 0.1) is 16.0 Å². The number of piperazine rings is 1. The Hall–Kier alpha value is -1.91. The fraction of sp³-hybridized carbons (Fsp3) is 0.619. The van der Waals surface area contributed by atoms with Gasteiger partial charge in [0.25, 0.3) is 5.69 Å². The van der Waals surface area contributed by atoms with Gasteiger partial charge in [-0.3, -0.25) is 14.9 Å². The van der Waals surface area contributed by atoms with Gasteiger partial charge in [0, 0.05) is 51.8 Å². The molecule has 1 aromatic rings. The number of guanidine groups is 1. The minimum Gasteiger partial charge on any atom is -0.356 e. The molecule has 1 N–H and O–H groups in total. The van der Waals surface area contributed by atoms with Gasteiger partial charge in [0.2, 0.25) is 5.91 Å². The van der Waals surface area contributed by atoms with E-state index >= 15 is 0 Å². The molecule has 166 valence electrons. The summed E-state index contributed by atoms with van der Waals surface area (Å²) in [4.78, 5) is 30.9. The predicted molar refractivity (Wildman–Crippen MR) is 128 cm³/mol. The number of non-ortho nitro benzene ring substituents is 1. The molecular weight excluding hydrogens is 497 g/mol. The summed E-state index contributed by atoms with van der Waals surface area (Å²) in [6.07, 6.45) is 6.48. The van der Waals surface area contributed by atoms with Crippen LogP contribution in [0.1, 0.15) is 44.6 Å². The second-order valence-electron chi connectivity index (χ2n) is 7.94. The highest BCUT2D eigenvalue weighted by Gasteiger charge is 2.22. The first-order chi connectivity index (χ1) is 14.0. The molecule has 0 spiro atoms. The van der Waals surface area contributed by atoms with Crippen molar-refractivity contribution >= 4 is 41.5 Å². The lowest BCUT2D eigenvalue weighted by molar-refractivity contribution is -0.384. The van der Waals surface area contributed by atoms with E-state index < -0.39 is 4.92 Å². The number of hydrogen-bond donors (Lipinski definition) is 1. The monoisotopic (exact) mass is 529 g/mol. The molecule has 1 aromatic carbocycles. The van der Waals surface area contributed by atoms with Crippen LogP contribution >= 0.6 is 24.0 Å². The number of benzene rings is 1. The Balaban J connectivity index is 0.00000320. The number of halogens is 1. The molecule has 3 rings (SSSR count). The SMILES string of the molecule is CC(=O)N1CCN(C(=NCc2ccc([N+](=O)[O-])cc2)NCC2CCCCC2)CC1.I. The van der Waals surface area contributed by atoms with Gasteiger partial charge >= 0.3 is 0 Å². The molecule has 2 aliphatic rings. The lowest BCUT2D eigenvalue weighted by Gasteiger charge is -2.36. The van der Waals surface area contributed by atoms with E-state index in [2.05, 4.69) is 10.2 Å². The Kier molecular flexibility index (Phi) is 9.80. The van der Waals surface area contributed by atoms with E-state index in [1.54, 1.807) is 19.1 Å². The lowest BCUT2D eigenvalue weighted by Crippen LogP contribution is -2.54. The Bertz CT molecular complexity index is 727. The van der Waals surface area contributed by atoms with Gasteiger partial charge in [0.05, 0.1) is 11.5 Å².